The fourth-order valence-electron chi connectivity index (χ4n) is 1.86. The molecule has 2 nitrogen and oxygen atoms in total. The minimum atomic E-state index is -0.260. The average molecular weight is 259 g/mol. The van der Waals surface area contributed by atoms with Gasteiger partial charge < -0.3 is 10.5 Å². The molecular formula is C16H18FNO. The van der Waals surface area contributed by atoms with Crippen molar-refractivity contribution in [3.63, 3.8) is 0 Å². The smallest absolute Gasteiger partial charge is 0.123 e. The zero-order chi connectivity index (χ0) is 13.7. The molecule has 2 atom stereocenters. The fraction of sp³-hybridized carbons (Fsp3) is 0.250. The topological polar surface area (TPSA) is 35.2 Å². The van der Waals surface area contributed by atoms with Crippen molar-refractivity contribution in [2.75, 3.05) is 0 Å². The first kappa shape index (κ1) is 13.7. The molecule has 19 heavy (non-hydrogen) atoms. The van der Waals surface area contributed by atoms with E-state index in [1.807, 2.05) is 37.3 Å². The lowest BCUT2D eigenvalue weighted by Gasteiger charge is -2.21. The Hall–Kier alpha value is -1.71. The summed E-state index contributed by atoms with van der Waals surface area (Å²) in [7, 11) is 0. The number of ether oxygens (including phenoxy) is 1. The van der Waals surface area contributed by atoms with Crippen LogP contribution < -0.4 is 5.73 Å². The summed E-state index contributed by atoms with van der Waals surface area (Å²) >= 11 is 0. The Kier molecular flexibility index (Phi) is 4.66. The molecule has 3 heteroatoms. The van der Waals surface area contributed by atoms with E-state index in [9.17, 15) is 4.39 Å². The summed E-state index contributed by atoms with van der Waals surface area (Å²) in [4.78, 5) is 0. The summed E-state index contributed by atoms with van der Waals surface area (Å²) < 4.78 is 18.6. The normalized spacial score (nSPS) is 14.1. The Morgan fingerprint density at radius 2 is 1.68 bits per heavy atom. The molecule has 2 aromatic rings. The molecule has 0 aliphatic rings. The number of hydrogen-bond donors (Lipinski definition) is 1. The second-order valence-corrected chi connectivity index (χ2v) is 4.58. The molecule has 0 saturated heterocycles. The van der Waals surface area contributed by atoms with Gasteiger partial charge in [0, 0.05) is 0 Å². The molecule has 100 valence electrons. The van der Waals surface area contributed by atoms with Gasteiger partial charge in [-0.15, -0.1) is 0 Å². The van der Waals surface area contributed by atoms with Crippen LogP contribution in [0.5, 0.6) is 0 Å². The quantitative estimate of drug-likeness (QED) is 0.892. The maximum Gasteiger partial charge on any atom is 0.123 e. The predicted molar refractivity (Wildman–Crippen MR) is 74.0 cm³/mol. The van der Waals surface area contributed by atoms with Crippen molar-refractivity contribution in [2.45, 2.75) is 25.7 Å². The van der Waals surface area contributed by atoms with Crippen molar-refractivity contribution < 1.29 is 9.13 Å². The first-order valence-electron chi connectivity index (χ1n) is 6.33. The first-order valence-corrected chi connectivity index (χ1v) is 6.33. The van der Waals surface area contributed by atoms with E-state index in [-0.39, 0.29) is 18.0 Å². The van der Waals surface area contributed by atoms with Gasteiger partial charge >= 0.3 is 0 Å². The van der Waals surface area contributed by atoms with E-state index in [0.29, 0.717) is 6.61 Å². The van der Waals surface area contributed by atoms with E-state index in [4.69, 9.17) is 10.5 Å². The van der Waals surface area contributed by atoms with Crippen LogP contribution >= 0.6 is 0 Å². The molecule has 0 radical (unpaired) electrons. The van der Waals surface area contributed by atoms with Crippen LogP contribution in [0.3, 0.4) is 0 Å². The zero-order valence-electron chi connectivity index (χ0n) is 10.9. The average Bonchev–Trinajstić information content (AvgIpc) is 2.46. The Bertz CT molecular complexity index is 498. The number of benzene rings is 2. The molecule has 2 N–H and O–H groups in total. The van der Waals surface area contributed by atoms with Gasteiger partial charge in [0.25, 0.3) is 0 Å². The lowest BCUT2D eigenvalue weighted by Crippen LogP contribution is -2.26. The van der Waals surface area contributed by atoms with Crippen LogP contribution in [-0.4, -0.2) is 6.10 Å². The van der Waals surface area contributed by atoms with Gasteiger partial charge in [0.15, 0.2) is 0 Å². The monoisotopic (exact) mass is 259 g/mol. The highest BCUT2D eigenvalue weighted by Gasteiger charge is 2.15. The first-order chi connectivity index (χ1) is 9.16. The second-order valence-electron chi connectivity index (χ2n) is 4.58. The fourth-order valence-corrected chi connectivity index (χ4v) is 1.86. The van der Waals surface area contributed by atoms with Crippen LogP contribution in [0.1, 0.15) is 24.1 Å². The number of hydrogen-bond acceptors (Lipinski definition) is 2. The Balaban J connectivity index is 1.92. The number of rotatable bonds is 5. The van der Waals surface area contributed by atoms with E-state index in [2.05, 4.69) is 0 Å². The van der Waals surface area contributed by atoms with Crippen molar-refractivity contribution in [1.29, 1.82) is 0 Å². The summed E-state index contributed by atoms with van der Waals surface area (Å²) in [5, 5.41) is 0. The molecule has 0 spiro atoms. The van der Waals surface area contributed by atoms with Gasteiger partial charge in [-0.3, -0.25) is 0 Å². The molecule has 0 amide bonds. The van der Waals surface area contributed by atoms with Crippen LogP contribution in [-0.2, 0) is 11.3 Å². The van der Waals surface area contributed by atoms with Gasteiger partial charge in [0.05, 0.1) is 18.8 Å². The van der Waals surface area contributed by atoms with Crippen molar-refractivity contribution in [3.8, 4) is 0 Å². The third kappa shape index (κ3) is 3.88. The Morgan fingerprint density at radius 3 is 2.32 bits per heavy atom. The standard InChI is InChI=1S/C16H18FNO/c1-12(19-11-13-5-3-2-4-6-13)16(18)14-7-9-15(17)10-8-14/h2-10,12,16H,11,18H2,1H3. The highest BCUT2D eigenvalue weighted by Crippen LogP contribution is 2.18. The van der Waals surface area contributed by atoms with Crippen molar-refractivity contribution in [1.82, 2.24) is 0 Å². The molecule has 0 aromatic heterocycles. The highest BCUT2D eigenvalue weighted by molar-refractivity contribution is 5.20. The Morgan fingerprint density at radius 1 is 1.05 bits per heavy atom. The largest absolute Gasteiger partial charge is 0.372 e. The molecule has 2 aromatic carbocycles. The molecule has 0 fully saturated rings. The van der Waals surface area contributed by atoms with Gasteiger partial charge in [-0.25, -0.2) is 4.39 Å². The summed E-state index contributed by atoms with van der Waals surface area (Å²) in [6.07, 6.45) is -0.134. The zero-order valence-corrected chi connectivity index (χ0v) is 10.9. The molecule has 0 aliphatic carbocycles. The van der Waals surface area contributed by atoms with Gasteiger partial charge in [-0.05, 0) is 30.2 Å². The van der Waals surface area contributed by atoms with E-state index < -0.39 is 0 Å². The lowest BCUT2D eigenvalue weighted by atomic mass is 10.0. The van der Waals surface area contributed by atoms with E-state index in [0.717, 1.165) is 11.1 Å². The van der Waals surface area contributed by atoms with Crippen molar-refractivity contribution in [2.24, 2.45) is 5.73 Å². The van der Waals surface area contributed by atoms with Gasteiger partial charge in [-0.1, -0.05) is 42.5 Å². The SMILES string of the molecule is CC(OCc1ccccc1)C(N)c1ccc(F)cc1. The van der Waals surface area contributed by atoms with Gasteiger partial charge in [0.1, 0.15) is 5.82 Å². The van der Waals surface area contributed by atoms with E-state index in [1.54, 1.807) is 12.1 Å². The highest BCUT2D eigenvalue weighted by atomic mass is 19.1. The summed E-state index contributed by atoms with van der Waals surface area (Å²) in [5.74, 6) is -0.256. The minimum Gasteiger partial charge on any atom is -0.372 e. The summed E-state index contributed by atoms with van der Waals surface area (Å²) in [6, 6.07) is 15.9. The number of halogens is 1. The molecule has 0 aliphatic heterocycles. The van der Waals surface area contributed by atoms with Crippen LogP contribution in [0, 0.1) is 5.82 Å². The Labute approximate surface area is 113 Å². The molecule has 0 saturated carbocycles. The molecule has 2 unspecified atom stereocenters. The third-order valence-corrected chi connectivity index (χ3v) is 3.12. The maximum absolute atomic E-state index is 12.8. The predicted octanol–water partition coefficient (Wildman–Crippen LogP) is 3.43. The lowest BCUT2D eigenvalue weighted by molar-refractivity contribution is 0.0357. The van der Waals surface area contributed by atoms with Crippen LogP contribution in [0.4, 0.5) is 4.39 Å². The molecule has 0 bridgehead atoms. The number of nitrogens with two attached hydrogens (primary N) is 1. The molecular weight excluding hydrogens is 241 g/mol. The summed E-state index contributed by atoms with van der Waals surface area (Å²) in [5.41, 5.74) is 8.09. The van der Waals surface area contributed by atoms with E-state index >= 15 is 0 Å². The van der Waals surface area contributed by atoms with Crippen molar-refractivity contribution >= 4 is 0 Å². The van der Waals surface area contributed by atoms with Crippen LogP contribution in [0.25, 0.3) is 0 Å². The van der Waals surface area contributed by atoms with Crippen LogP contribution in [0.2, 0.25) is 0 Å². The summed E-state index contributed by atoms with van der Waals surface area (Å²) in [6.45, 7) is 2.45. The van der Waals surface area contributed by atoms with Crippen LogP contribution in [0.15, 0.2) is 54.6 Å². The van der Waals surface area contributed by atoms with Crippen molar-refractivity contribution in [3.05, 3.63) is 71.5 Å². The van der Waals surface area contributed by atoms with Gasteiger partial charge in [0.2, 0.25) is 0 Å². The van der Waals surface area contributed by atoms with E-state index in [1.165, 1.54) is 12.1 Å². The molecule has 0 heterocycles. The second kappa shape index (κ2) is 6.45. The maximum atomic E-state index is 12.8. The van der Waals surface area contributed by atoms with Gasteiger partial charge in [-0.2, -0.15) is 0 Å². The minimum absolute atomic E-state index is 0.134. The third-order valence-electron chi connectivity index (χ3n) is 3.12. The molecule has 2 rings (SSSR count).